The first kappa shape index (κ1) is 11.6. The van der Waals surface area contributed by atoms with Crippen molar-refractivity contribution in [3.8, 4) is 11.4 Å². The Hall–Kier alpha value is -2.50. The van der Waals surface area contributed by atoms with E-state index in [0.717, 1.165) is 18.5 Å². The Morgan fingerprint density at radius 2 is 2.11 bits per heavy atom. The van der Waals surface area contributed by atoms with Crippen LogP contribution in [0.4, 0.5) is 5.69 Å². The number of hydrogen-bond donors (Lipinski definition) is 1. The van der Waals surface area contributed by atoms with Gasteiger partial charge < -0.3 is 4.98 Å². The molecular weight excluding hydrogens is 246 g/mol. The van der Waals surface area contributed by atoms with Crippen LogP contribution in [0, 0.1) is 10.1 Å². The molecule has 1 heterocycles. The number of H-pyrrole nitrogens is 1. The van der Waals surface area contributed by atoms with Crippen LogP contribution in [0.2, 0.25) is 0 Å². The Bertz CT molecular complexity index is 704. The minimum absolute atomic E-state index is 0.0167. The van der Waals surface area contributed by atoms with E-state index >= 15 is 0 Å². The molecule has 96 valence electrons. The molecule has 6 heteroatoms. The normalized spacial score (nSPS) is 14.3. The molecule has 0 spiro atoms. The molecule has 0 aliphatic heterocycles. The average Bonchev–Trinajstić information content (AvgIpc) is 3.22. The fourth-order valence-corrected chi connectivity index (χ4v) is 1.97. The van der Waals surface area contributed by atoms with Crippen molar-refractivity contribution in [3.05, 3.63) is 56.5 Å². The number of nitro benzene ring substituents is 1. The fraction of sp³-hybridized carbons (Fsp3) is 0.231. The molecule has 0 saturated heterocycles. The van der Waals surface area contributed by atoms with E-state index in [1.165, 1.54) is 18.2 Å². The van der Waals surface area contributed by atoms with Crippen LogP contribution in [0.3, 0.4) is 0 Å². The highest BCUT2D eigenvalue weighted by atomic mass is 16.6. The molecule has 2 aromatic rings. The van der Waals surface area contributed by atoms with Crippen molar-refractivity contribution in [2.24, 2.45) is 0 Å². The summed E-state index contributed by atoms with van der Waals surface area (Å²) in [5.74, 6) is 0.748. The summed E-state index contributed by atoms with van der Waals surface area (Å²) in [7, 11) is 0. The maximum absolute atomic E-state index is 11.6. The van der Waals surface area contributed by atoms with E-state index in [4.69, 9.17) is 0 Å². The molecule has 3 rings (SSSR count). The quantitative estimate of drug-likeness (QED) is 0.674. The summed E-state index contributed by atoms with van der Waals surface area (Å²) in [6.07, 6.45) is 2.09. The third kappa shape index (κ3) is 2.37. The maximum atomic E-state index is 11.6. The van der Waals surface area contributed by atoms with Crippen LogP contribution in [0.15, 0.2) is 35.1 Å². The Morgan fingerprint density at radius 1 is 1.32 bits per heavy atom. The lowest BCUT2D eigenvalue weighted by atomic mass is 10.2. The van der Waals surface area contributed by atoms with Gasteiger partial charge in [0.1, 0.15) is 5.82 Å². The van der Waals surface area contributed by atoms with Crippen LogP contribution < -0.4 is 5.56 Å². The molecule has 0 bridgehead atoms. The maximum Gasteiger partial charge on any atom is 0.270 e. The Balaban J connectivity index is 2.08. The lowest BCUT2D eigenvalue weighted by Gasteiger charge is -2.03. The van der Waals surface area contributed by atoms with Gasteiger partial charge in [0.25, 0.3) is 11.2 Å². The number of aromatic amines is 1. The number of nitrogens with zero attached hydrogens (tertiary/aromatic N) is 2. The molecule has 1 aromatic carbocycles. The first-order valence-electron chi connectivity index (χ1n) is 5.99. The monoisotopic (exact) mass is 257 g/mol. The Morgan fingerprint density at radius 3 is 2.79 bits per heavy atom. The molecule has 1 aromatic heterocycles. The molecule has 0 radical (unpaired) electrons. The van der Waals surface area contributed by atoms with Gasteiger partial charge in [0.05, 0.1) is 10.6 Å². The number of nitro groups is 1. The zero-order valence-electron chi connectivity index (χ0n) is 10.00. The van der Waals surface area contributed by atoms with Crippen LogP contribution in [0.25, 0.3) is 11.4 Å². The molecule has 1 aliphatic carbocycles. The predicted molar refractivity (Wildman–Crippen MR) is 68.9 cm³/mol. The van der Waals surface area contributed by atoms with E-state index in [2.05, 4.69) is 9.97 Å². The minimum atomic E-state index is -0.466. The summed E-state index contributed by atoms with van der Waals surface area (Å²) in [5.41, 5.74) is 1.08. The largest absolute Gasteiger partial charge is 0.307 e. The van der Waals surface area contributed by atoms with Gasteiger partial charge in [0, 0.05) is 29.7 Å². The summed E-state index contributed by atoms with van der Waals surface area (Å²) in [6.45, 7) is 0. The van der Waals surface area contributed by atoms with Crippen LogP contribution in [-0.2, 0) is 0 Å². The first-order valence-corrected chi connectivity index (χ1v) is 5.99. The van der Waals surface area contributed by atoms with E-state index in [1.807, 2.05) is 0 Å². The molecule has 6 nitrogen and oxygen atoms in total. The van der Waals surface area contributed by atoms with Gasteiger partial charge in [0.2, 0.25) is 0 Å². The van der Waals surface area contributed by atoms with Gasteiger partial charge >= 0.3 is 0 Å². The minimum Gasteiger partial charge on any atom is -0.307 e. The summed E-state index contributed by atoms with van der Waals surface area (Å²) < 4.78 is 0. The van der Waals surface area contributed by atoms with E-state index in [1.54, 1.807) is 12.1 Å². The summed E-state index contributed by atoms with van der Waals surface area (Å²) in [5, 5.41) is 10.7. The van der Waals surface area contributed by atoms with E-state index in [9.17, 15) is 14.9 Å². The topological polar surface area (TPSA) is 88.9 Å². The van der Waals surface area contributed by atoms with Gasteiger partial charge in [-0.15, -0.1) is 0 Å². The van der Waals surface area contributed by atoms with Crippen molar-refractivity contribution in [2.75, 3.05) is 0 Å². The zero-order valence-corrected chi connectivity index (χ0v) is 10.00. The second kappa shape index (κ2) is 4.31. The number of hydrogen-bond acceptors (Lipinski definition) is 4. The molecule has 1 fully saturated rings. The molecule has 1 saturated carbocycles. The van der Waals surface area contributed by atoms with Gasteiger partial charge in [0.15, 0.2) is 0 Å². The molecule has 1 aliphatic rings. The SMILES string of the molecule is O=c1cc(C2CC2)nc(-c2cccc([N+](=O)[O-])c2)[nH]1. The van der Waals surface area contributed by atoms with Gasteiger partial charge in [-0.25, -0.2) is 4.98 Å². The van der Waals surface area contributed by atoms with Crippen LogP contribution in [0.5, 0.6) is 0 Å². The number of nitrogens with one attached hydrogen (secondary N) is 1. The zero-order chi connectivity index (χ0) is 13.4. The number of rotatable bonds is 3. The Kier molecular flexibility index (Phi) is 2.63. The molecule has 0 amide bonds. The summed E-state index contributed by atoms with van der Waals surface area (Å²) >= 11 is 0. The first-order chi connectivity index (χ1) is 9.13. The van der Waals surface area contributed by atoms with Crippen LogP contribution in [-0.4, -0.2) is 14.9 Å². The second-order valence-corrected chi connectivity index (χ2v) is 4.60. The van der Waals surface area contributed by atoms with E-state index in [0.29, 0.717) is 17.3 Å². The molecular formula is C13H11N3O3. The van der Waals surface area contributed by atoms with Crippen molar-refractivity contribution >= 4 is 5.69 Å². The molecule has 0 atom stereocenters. The summed E-state index contributed by atoms with van der Waals surface area (Å²) in [4.78, 5) is 28.9. The highest BCUT2D eigenvalue weighted by Crippen LogP contribution is 2.38. The second-order valence-electron chi connectivity index (χ2n) is 4.60. The fourth-order valence-electron chi connectivity index (χ4n) is 1.97. The van der Waals surface area contributed by atoms with Crippen LogP contribution >= 0.6 is 0 Å². The Labute approximate surface area is 108 Å². The van der Waals surface area contributed by atoms with Gasteiger partial charge in [-0.1, -0.05) is 12.1 Å². The van der Waals surface area contributed by atoms with Gasteiger partial charge in [-0.2, -0.15) is 0 Å². The average molecular weight is 257 g/mol. The van der Waals surface area contributed by atoms with Crippen LogP contribution in [0.1, 0.15) is 24.5 Å². The summed E-state index contributed by atoms with van der Waals surface area (Å²) in [6, 6.07) is 7.60. The molecule has 19 heavy (non-hydrogen) atoms. The number of aromatic nitrogens is 2. The van der Waals surface area contributed by atoms with Crippen molar-refractivity contribution in [2.45, 2.75) is 18.8 Å². The van der Waals surface area contributed by atoms with E-state index < -0.39 is 4.92 Å². The van der Waals surface area contributed by atoms with Crippen molar-refractivity contribution in [3.63, 3.8) is 0 Å². The van der Waals surface area contributed by atoms with Gasteiger partial charge in [-0.3, -0.25) is 14.9 Å². The van der Waals surface area contributed by atoms with Crippen molar-refractivity contribution in [1.29, 1.82) is 0 Å². The lowest BCUT2D eigenvalue weighted by Crippen LogP contribution is -2.10. The highest BCUT2D eigenvalue weighted by molar-refractivity contribution is 5.59. The molecule has 0 unspecified atom stereocenters. The van der Waals surface area contributed by atoms with E-state index in [-0.39, 0.29) is 11.2 Å². The smallest absolute Gasteiger partial charge is 0.270 e. The number of benzene rings is 1. The third-order valence-corrected chi connectivity index (χ3v) is 3.09. The highest BCUT2D eigenvalue weighted by Gasteiger charge is 2.26. The number of non-ortho nitro benzene ring substituents is 1. The predicted octanol–water partition coefficient (Wildman–Crippen LogP) is 2.22. The van der Waals surface area contributed by atoms with Gasteiger partial charge in [-0.05, 0) is 12.8 Å². The third-order valence-electron chi connectivity index (χ3n) is 3.09. The lowest BCUT2D eigenvalue weighted by molar-refractivity contribution is -0.384. The van der Waals surface area contributed by atoms with Crippen molar-refractivity contribution < 1.29 is 4.92 Å². The molecule has 1 N–H and O–H groups in total. The van der Waals surface area contributed by atoms with Crippen molar-refractivity contribution in [1.82, 2.24) is 9.97 Å². The standard InChI is InChI=1S/C13H11N3O3/c17-12-7-11(8-4-5-8)14-13(15-12)9-2-1-3-10(6-9)16(18)19/h1-3,6-8H,4-5H2,(H,14,15,17).